The van der Waals surface area contributed by atoms with E-state index in [0.717, 1.165) is 23.3 Å². The highest BCUT2D eigenvalue weighted by Crippen LogP contribution is 2.15. The van der Waals surface area contributed by atoms with E-state index in [4.69, 9.17) is 4.74 Å². The summed E-state index contributed by atoms with van der Waals surface area (Å²) < 4.78 is 5.21. The van der Waals surface area contributed by atoms with E-state index >= 15 is 0 Å². The lowest BCUT2D eigenvalue weighted by molar-refractivity contribution is -0.122. The lowest BCUT2D eigenvalue weighted by Crippen LogP contribution is -2.27. The Morgan fingerprint density at radius 2 is 2.25 bits per heavy atom. The van der Waals surface area contributed by atoms with E-state index in [-0.39, 0.29) is 11.9 Å². The van der Waals surface area contributed by atoms with Crippen LogP contribution in [0.2, 0.25) is 0 Å². The van der Waals surface area contributed by atoms with Gasteiger partial charge in [0.05, 0.1) is 17.1 Å². The molecule has 108 valence electrons. The van der Waals surface area contributed by atoms with Gasteiger partial charge in [-0.1, -0.05) is 12.1 Å². The van der Waals surface area contributed by atoms with E-state index in [1.807, 2.05) is 38.1 Å². The maximum atomic E-state index is 11.8. The van der Waals surface area contributed by atoms with E-state index < -0.39 is 0 Å². The van der Waals surface area contributed by atoms with Crippen LogP contribution in [0.3, 0.4) is 0 Å². The van der Waals surface area contributed by atoms with Gasteiger partial charge in [0.1, 0.15) is 5.82 Å². The molecule has 20 heavy (non-hydrogen) atoms. The van der Waals surface area contributed by atoms with Gasteiger partial charge >= 0.3 is 0 Å². The molecule has 1 heterocycles. The largest absolute Gasteiger partial charge is 0.382 e. The predicted molar refractivity (Wildman–Crippen MR) is 78.4 cm³/mol. The third-order valence-electron chi connectivity index (χ3n) is 3.09. The number of imidazole rings is 1. The Balaban J connectivity index is 1.87. The van der Waals surface area contributed by atoms with E-state index in [1.54, 1.807) is 0 Å². The maximum Gasteiger partial charge on any atom is 0.220 e. The van der Waals surface area contributed by atoms with Gasteiger partial charge in [-0.25, -0.2) is 4.98 Å². The molecule has 1 amide bonds. The summed E-state index contributed by atoms with van der Waals surface area (Å²) in [5, 5.41) is 2.95. The van der Waals surface area contributed by atoms with Gasteiger partial charge in [-0.3, -0.25) is 4.79 Å². The monoisotopic (exact) mass is 275 g/mol. The molecule has 5 heteroatoms. The van der Waals surface area contributed by atoms with Crippen molar-refractivity contribution in [2.45, 2.75) is 32.7 Å². The molecule has 1 unspecified atom stereocenters. The number of fused-ring (bicyclic) bond motifs is 1. The number of H-pyrrole nitrogens is 1. The van der Waals surface area contributed by atoms with Crippen LogP contribution in [0.15, 0.2) is 24.3 Å². The van der Waals surface area contributed by atoms with Gasteiger partial charge in [0, 0.05) is 19.6 Å². The standard InChI is InChI=1S/C15H21N3O2/c1-3-20-10-6-9-14(19)16-11(2)15-17-12-7-4-5-8-13(12)18-15/h4-5,7-8,11H,3,6,9-10H2,1-2H3,(H,16,19)(H,17,18). The molecule has 0 radical (unpaired) electrons. The molecule has 0 bridgehead atoms. The molecule has 0 aliphatic heterocycles. The molecular weight excluding hydrogens is 254 g/mol. The van der Waals surface area contributed by atoms with Gasteiger partial charge in [-0.05, 0) is 32.4 Å². The average Bonchev–Trinajstić information content (AvgIpc) is 2.87. The number of aromatic amines is 1. The third-order valence-corrected chi connectivity index (χ3v) is 3.09. The van der Waals surface area contributed by atoms with E-state index in [9.17, 15) is 4.79 Å². The van der Waals surface area contributed by atoms with Gasteiger partial charge < -0.3 is 15.0 Å². The Hall–Kier alpha value is -1.88. The smallest absolute Gasteiger partial charge is 0.220 e. The molecule has 2 N–H and O–H groups in total. The van der Waals surface area contributed by atoms with Gasteiger partial charge in [0.2, 0.25) is 5.91 Å². The number of carbonyl (C=O) groups is 1. The average molecular weight is 275 g/mol. The van der Waals surface area contributed by atoms with Crippen molar-refractivity contribution in [3.05, 3.63) is 30.1 Å². The highest BCUT2D eigenvalue weighted by atomic mass is 16.5. The summed E-state index contributed by atoms with van der Waals surface area (Å²) >= 11 is 0. The Kier molecular flexibility index (Phi) is 5.12. The zero-order valence-corrected chi connectivity index (χ0v) is 12.0. The van der Waals surface area contributed by atoms with Crippen LogP contribution in [0.1, 0.15) is 38.6 Å². The lowest BCUT2D eigenvalue weighted by Gasteiger charge is -2.11. The van der Waals surface area contributed by atoms with Crippen molar-refractivity contribution in [2.75, 3.05) is 13.2 Å². The molecule has 2 aromatic rings. The summed E-state index contributed by atoms with van der Waals surface area (Å²) in [6.45, 7) is 5.20. The first-order valence-electron chi connectivity index (χ1n) is 7.02. The molecular formula is C15H21N3O2. The summed E-state index contributed by atoms with van der Waals surface area (Å²) in [6, 6.07) is 7.71. The van der Waals surface area contributed by atoms with Crippen LogP contribution >= 0.6 is 0 Å². The summed E-state index contributed by atoms with van der Waals surface area (Å²) in [5.74, 6) is 0.807. The minimum atomic E-state index is -0.123. The number of benzene rings is 1. The number of nitrogens with zero attached hydrogens (tertiary/aromatic N) is 1. The van der Waals surface area contributed by atoms with Crippen LogP contribution in [0.25, 0.3) is 11.0 Å². The van der Waals surface area contributed by atoms with E-state index in [2.05, 4.69) is 15.3 Å². The first kappa shape index (κ1) is 14.5. The molecule has 0 aliphatic rings. The Bertz CT molecular complexity index is 532. The minimum absolute atomic E-state index is 0.0256. The zero-order valence-electron chi connectivity index (χ0n) is 12.0. The molecule has 1 atom stereocenters. The van der Waals surface area contributed by atoms with Crippen LogP contribution < -0.4 is 5.32 Å². The SMILES string of the molecule is CCOCCCC(=O)NC(C)c1nc2ccccc2[nH]1. The highest BCUT2D eigenvalue weighted by molar-refractivity contribution is 5.77. The normalized spacial score (nSPS) is 12.5. The van der Waals surface area contributed by atoms with Crippen LogP contribution in [0, 0.1) is 0 Å². The first-order chi connectivity index (χ1) is 9.70. The van der Waals surface area contributed by atoms with Crippen molar-refractivity contribution in [2.24, 2.45) is 0 Å². The van der Waals surface area contributed by atoms with Gasteiger partial charge in [-0.2, -0.15) is 0 Å². The second-order valence-corrected chi connectivity index (χ2v) is 4.73. The first-order valence-corrected chi connectivity index (χ1v) is 7.02. The number of rotatable bonds is 7. The summed E-state index contributed by atoms with van der Waals surface area (Å²) in [6.07, 6.45) is 1.22. The number of aromatic nitrogens is 2. The van der Waals surface area contributed by atoms with Crippen molar-refractivity contribution in [3.63, 3.8) is 0 Å². The molecule has 2 rings (SSSR count). The molecule has 0 saturated heterocycles. The second kappa shape index (κ2) is 7.05. The number of carbonyl (C=O) groups excluding carboxylic acids is 1. The topological polar surface area (TPSA) is 67.0 Å². The predicted octanol–water partition coefficient (Wildman–Crippen LogP) is 2.56. The number of hydrogen-bond acceptors (Lipinski definition) is 3. The molecule has 5 nitrogen and oxygen atoms in total. The van der Waals surface area contributed by atoms with Crippen molar-refractivity contribution >= 4 is 16.9 Å². The second-order valence-electron chi connectivity index (χ2n) is 4.73. The summed E-state index contributed by atoms with van der Waals surface area (Å²) in [5.41, 5.74) is 1.90. The van der Waals surface area contributed by atoms with E-state index in [1.165, 1.54) is 0 Å². The van der Waals surface area contributed by atoms with E-state index in [0.29, 0.717) is 19.6 Å². The van der Waals surface area contributed by atoms with Crippen molar-refractivity contribution in [1.29, 1.82) is 0 Å². The number of amides is 1. The molecule has 0 spiro atoms. The Labute approximate surface area is 118 Å². The van der Waals surface area contributed by atoms with Crippen molar-refractivity contribution in [3.8, 4) is 0 Å². The fraction of sp³-hybridized carbons (Fsp3) is 0.467. The van der Waals surface area contributed by atoms with Crippen molar-refractivity contribution in [1.82, 2.24) is 15.3 Å². The van der Waals surface area contributed by atoms with Gasteiger partial charge in [0.15, 0.2) is 0 Å². The number of hydrogen-bond donors (Lipinski definition) is 2. The molecule has 0 aliphatic carbocycles. The van der Waals surface area contributed by atoms with Crippen LogP contribution in [-0.4, -0.2) is 29.1 Å². The molecule has 0 saturated carbocycles. The quantitative estimate of drug-likeness (QED) is 0.763. The number of ether oxygens (including phenoxy) is 1. The number of nitrogens with one attached hydrogen (secondary N) is 2. The van der Waals surface area contributed by atoms with Gasteiger partial charge in [-0.15, -0.1) is 0 Å². The minimum Gasteiger partial charge on any atom is -0.382 e. The molecule has 1 aromatic heterocycles. The highest BCUT2D eigenvalue weighted by Gasteiger charge is 2.13. The summed E-state index contributed by atoms with van der Waals surface area (Å²) in [4.78, 5) is 19.5. The fourth-order valence-electron chi connectivity index (χ4n) is 2.04. The lowest BCUT2D eigenvalue weighted by atomic mass is 10.2. The Morgan fingerprint density at radius 1 is 1.45 bits per heavy atom. The third kappa shape index (κ3) is 3.81. The van der Waals surface area contributed by atoms with Crippen molar-refractivity contribution < 1.29 is 9.53 Å². The molecule has 0 fully saturated rings. The summed E-state index contributed by atoms with van der Waals surface area (Å²) in [7, 11) is 0. The van der Waals surface area contributed by atoms with Crippen LogP contribution in [-0.2, 0) is 9.53 Å². The zero-order chi connectivity index (χ0) is 14.4. The Morgan fingerprint density at radius 3 is 3.00 bits per heavy atom. The van der Waals surface area contributed by atoms with Crippen LogP contribution in [0.5, 0.6) is 0 Å². The van der Waals surface area contributed by atoms with Crippen LogP contribution in [0.4, 0.5) is 0 Å². The molecule has 1 aromatic carbocycles. The maximum absolute atomic E-state index is 11.8. The number of para-hydroxylation sites is 2. The fourth-order valence-corrected chi connectivity index (χ4v) is 2.04. The van der Waals surface area contributed by atoms with Gasteiger partial charge in [0.25, 0.3) is 0 Å².